The highest BCUT2D eigenvalue weighted by atomic mass is 16.5. The molecule has 1 aliphatic heterocycles. The molecule has 1 aliphatic rings. The summed E-state index contributed by atoms with van der Waals surface area (Å²) in [5.41, 5.74) is 5.76. The van der Waals surface area contributed by atoms with Crippen LogP contribution in [0.15, 0.2) is 78.9 Å². The van der Waals surface area contributed by atoms with Gasteiger partial charge in [-0.3, -0.25) is 4.79 Å². The Labute approximate surface area is 190 Å². The van der Waals surface area contributed by atoms with E-state index >= 15 is 0 Å². The number of carbonyl (C=O) groups is 1. The summed E-state index contributed by atoms with van der Waals surface area (Å²) >= 11 is 0. The Hall–Kier alpha value is -2.99. The van der Waals surface area contributed by atoms with E-state index in [4.69, 9.17) is 4.74 Å². The van der Waals surface area contributed by atoms with Gasteiger partial charge in [0.1, 0.15) is 25.7 Å². The van der Waals surface area contributed by atoms with Crippen molar-refractivity contribution in [3.63, 3.8) is 0 Å². The Kier molecular flexibility index (Phi) is 7.67. The van der Waals surface area contributed by atoms with Crippen molar-refractivity contribution in [2.24, 2.45) is 0 Å². The summed E-state index contributed by atoms with van der Waals surface area (Å²) in [6.45, 7) is 7.23. The third-order valence-corrected chi connectivity index (χ3v) is 6.03. The maximum absolute atomic E-state index is 12.7. The first-order valence-electron chi connectivity index (χ1n) is 11.4. The van der Waals surface area contributed by atoms with Crippen LogP contribution in [-0.2, 0) is 16.1 Å². The summed E-state index contributed by atoms with van der Waals surface area (Å²) in [5, 5.41) is 5.15. The molecule has 0 saturated carbocycles. The Morgan fingerprint density at radius 3 is 2.28 bits per heavy atom. The number of nitrogens with two attached hydrogens (primary N) is 1. The zero-order chi connectivity index (χ0) is 22.2. The zero-order valence-electron chi connectivity index (χ0n) is 18.7. The van der Waals surface area contributed by atoms with E-state index in [0.717, 1.165) is 38.5 Å². The first-order chi connectivity index (χ1) is 15.7. The molecule has 0 radical (unpaired) electrons. The highest BCUT2D eigenvalue weighted by Crippen LogP contribution is 2.18. The van der Waals surface area contributed by atoms with Crippen LogP contribution in [0.2, 0.25) is 0 Å². The van der Waals surface area contributed by atoms with Crippen molar-refractivity contribution in [1.82, 2.24) is 0 Å². The van der Waals surface area contributed by atoms with Gasteiger partial charge in [-0.2, -0.15) is 0 Å². The molecule has 5 nitrogen and oxygen atoms in total. The normalized spacial score (nSPS) is 15.3. The van der Waals surface area contributed by atoms with Gasteiger partial charge in [-0.1, -0.05) is 72.3 Å². The average Bonchev–Trinajstić information content (AvgIpc) is 2.83. The predicted octanol–water partition coefficient (Wildman–Crippen LogP) is 1.70. The number of anilines is 1. The number of nitrogens with one attached hydrogen (secondary N) is 2. The van der Waals surface area contributed by atoms with Gasteiger partial charge in [0, 0.05) is 22.4 Å². The van der Waals surface area contributed by atoms with Gasteiger partial charge in [0.25, 0.3) is 5.91 Å². The fraction of sp³-hybridized carbons (Fsp3) is 0.296. The highest BCUT2D eigenvalue weighted by molar-refractivity contribution is 5.91. The van der Waals surface area contributed by atoms with Crippen LogP contribution in [0.25, 0.3) is 0 Å². The van der Waals surface area contributed by atoms with Crippen LogP contribution < -0.4 is 15.5 Å². The molecule has 0 bridgehead atoms. The molecule has 0 aromatic heterocycles. The molecule has 1 fully saturated rings. The topological polar surface area (TPSA) is 59.4 Å². The molecule has 0 aliphatic carbocycles. The molecular formula is C27H33N3O2+2. The number of ether oxygens (including phenoxy) is 1. The Morgan fingerprint density at radius 1 is 0.938 bits per heavy atom. The van der Waals surface area contributed by atoms with Gasteiger partial charge in [0.05, 0.1) is 13.2 Å². The molecule has 0 spiro atoms. The summed E-state index contributed by atoms with van der Waals surface area (Å²) in [7, 11) is 0. The standard InChI is InChI=1S/C27H31N3O2/c1-21-7-11-24(12-8-21)27(23-5-3-2-4-6-23)28-19-26(31)29-25-13-9-22(10-14-25)20-30-15-17-32-18-16-30/h2-14,27-28H,15-20H2,1H3,(H,29,31)/p+2/t27-/m0/s1. The van der Waals surface area contributed by atoms with E-state index in [9.17, 15) is 4.79 Å². The average molecular weight is 432 g/mol. The number of morpholine rings is 1. The van der Waals surface area contributed by atoms with E-state index < -0.39 is 0 Å². The molecule has 0 unspecified atom stereocenters. The van der Waals surface area contributed by atoms with E-state index in [-0.39, 0.29) is 11.9 Å². The van der Waals surface area contributed by atoms with Gasteiger partial charge < -0.3 is 20.3 Å². The van der Waals surface area contributed by atoms with E-state index in [1.54, 1.807) is 4.90 Å². The number of rotatable bonds is 8. The van der Waals surface area contributed by atoms with Crippen LogP contribution in [0.1, 0.15) is 28.3 Å². The third-order valence-electron chi connectivity index (χ3n) is 6.03. The lowest BCUT2D eigenvalue weighted by Gasteiger charge is -2.23. The summed E-state index contributed by atoms with van der Waals surface area (Å²) < 4.78 is 5.43. The van der Waals surface area contributed by atoms with Gasteiger partial charge in [-0.05, 0) is 19.1 Å². The van der Waals surface area contributed by atoms with E-state index in [0.29, 0.717) is 6.54 Å². The second-order valence-electron chi connectivity index (χ2n) is 8.52. The van der Waals surface area contributed by atoms with Crippen molar-refractivity contribution in [2.75, 3.05) is 38.2 Å². The van der Waals surface area contributed by atoms with Gasteiger partial charge in [-0.25, -0.2) is 0 Å². The molecule has 166 valence electrons. The first kappa shape index (κ1) is 22.2. The van der Waals surface area contributed by atoms with Crippen molar-refractivity contribution in [2.45, 2.75) is 19.5 Å². The van der Waals surface area contributed by atoms with E-state index in [2.05, 4.69) is 66.1 Å². The number of amides is 1. The van der Waals surface area contributed by atoms with Crippen LogP contribution in [0, 0.1) is 6.92 Å². The Bertz CT molecular complexity index is 982. The van der Waals surface area contributed by atoms with E-state index in [1.165, 1.54) is 22.3 Å². The Morgan fingerprint density at radius 2 is 1.59 bits per heavy atom. The van der Waals surface area contributed by atoms with Crippen molar-refractivity contribution < 1.29 is 19.7 Å². The van der Waals surface area contributed by atoms with Crippen LogP contribution >= 0.6 is 0 Å². The lowest BCUT2D eigenvalue weighted by Crippen LogP contribution is -3.12. The van der Waals surface area contributed by atoms with Gasteiger partial charge in [-0.15, -0.1) is 0 Å². The first-order valence-corrected chi connectivity index (χ1v) is 11.4. The summed E-state index contributed by atoms with van der Waals surface area (Å²) in [4.78, 5) is 14.2. The quantitative estimate of drug-likeness (QED) is 0.509. The van der Waals surface area contributed by atoms with Crippen LogP contribution in [0.3, 0.4) is 0 Å². The van der Waals surface area contributed by atoms with Crippen molar-refractivity contribution >= 4 is 11.6 Å². The minimum Gasteiger partial charge on any atom is -0.370 e. The zero-order valence-corrected chi connectivity index (χ0v) is 18.7. The van der Waals surface area contributed by atoms with Gasteiger partial charge >= 0.3 is 0 Å². The molecule has 1 heterocycles. The number of hydrogen-bond donors (Lipinski definition) is 3. The smallest absolute Gasteiger partial charge is 0.279 e. The molecule has 32 heavy (non-hydrogen) atoms. The summed E-state index contributed by atoms with van der Waals surface area (Å²) in [6, 6.07) is 27.2. The lowest BCUT2D eigenvalue weighted by atomic mass is 9.98. The molecule has 1 atom stereocenters. The summed E-state index contributed by atoms with van der Waals surface area (Å²) in [5.74, 6) is 0.00426. The fourth-order valence-electron chi connectivity index (χ4n) is 4.17. The molecule has 5 heteroatoms. The fourth-order valence-corrected chi connectivity index (χ4v) is 4.17. The minimum atomic E-state index is 0.00426. The van der Waals surface area contributed by atoms with Crippen molar-refractivity contribution in [3.8, 4) is 0 Å². The summed E-state index contributed by atoms with van der Waals surface area (Å²) in [6.07, 6.45) is 0. The number of aryl methyl sites for hydroxylation is 1. The lowest BCUT2D eigenvalue weighted by molar-refractivity contribution is -0.921. The molecule has 3 aromatic carbocycles. The molecular weight excluding hydrogens is 398 g/mol. The van der Waals surface area contributed by atoms with Crippen LogP contribution in [-0.4, -0.2) is 38.8 Å². The van der Waals surface area contributed by atoms with Gasteiger partial charge in [0.15, 0.2) is 6.54 Å². The number of benzene rings is 3. The Balaban J connectivity index is 1.34. The van der Waals surface area contributed by atoms with Crippen molar-refractivity contribution in [1.29, 1.82) is 0 Å². The third kappa shape index (κ3) is 6.26. The molecule has 1 saturated heterocycles. The van der Waals surface area contributed by atoms with Crippen LogP contribution in [0.4, 0.5) is 5.69 Å². The second-order valence-corrected chi connectivity index (χ2v) is 8.52. The number of quaternary nitrogens is 2. The predicted molar refractivity (Wildman–Crippen MR) is 127 cm³/mol. The van der Waals surface area contributed by atoms with Crippen molar-refractivity contribution in [3.05, 3.63) is 101 Å². The molecule has 4 N–H and O–H groups in total. The number of hydrogen-bond acceptors (Lipinski definition) is 2. The highest BCUT2D eigenvalue weighted by Gasteiger charge is 2.19. The SMILES string of the molecule is Cc1ccc([C@@H]([NH2+]CC(=O)Nc2ccc(C[NH+]3CCOCC3)cc2)c2ccccc2)cc1. The molecule has 3 aromatic rings. The number of carbonyl (C=O) groups excluding carboxylic acids is 1. The van der Waals surface area contributed by atoms with Gasteiger partial charge in [0.2, 0.25) is 0 Å². The molecule has 1 amide bonds. The molecule has 4 rings (SSSR count). The van der Waals surface area contributed by atoms with E-state index in [1.807, 2.05) is 30.3 Å². The largest absolute Gasteiger partial charge is 0.370 e. The maximum atomic E-state index is 12.7. The monoisotopic (exact) mass is 431 g/mol. The minimum absolute atomic E-state index is 0.00426. The second kappa shape index (κ2) is 11.0. The van der Waals surface area contributed by atoms with Crippen LogP contribution in [0.5, 0.6) is 0 Å². The maximum Gasteiger partial charge on any atom is 0.279 e.